The fourth-order valence-electron chi connectivity index (χ4n) is 2.37. The van der Waals surface area contributed by atoms with Crippen LogP contribution in [0, 0.1) is 0 Å². The van der Waals surface area contributed by atoms with Gasteiger partial charge >= 0.3 is 0 Å². The van der Waals surface area contributed by atoms with Crippen LogP contribution in [0.25, 0.3) is 0 Å². The molecule has 0 fully saturated rings. The molecule has 1 aliphatic rings. The first-order valence-electron chi connectivity index (χ1n) is 6.98. The van der Waals surface area contributed by atoms with Crippen LogP contribution >= 0.6 is 11.8 Å². The van der Waals surface area contributed by atoms with Crippen molar-refractivity contribution >= 4 is 11.8 Å². The average molecular weight is 290 g/mol. The minimum absolute atomic E-state index is 0.479. The number of aliphatic hydroxyl groups excluding tert-OH is 1. The van der Waals surface area contributed by atoms with E-state index in [2.05, 4.69) is 19.7 Å². The molecule has 2 aromatic heterocycles. The zero-order chi connectivity index (χ0) is 13.9. The molecule has 1 aliphatic heterocycles. The van der Waals surface area contributed by atoms with Gasteiger partial charge in [0.2, 0.25) is 0 Å². The van der Waals surface area contributed by atoms with Crippen molar-refractivity contribution in [3.63, 3.8) is 0 Å². The number of nitrogens with zero attached hydrogens (tertiary/aromatic N) is 4. The molecule has 3 heterocycles. The minimum Gasteiger partial charge on any atom is -0.389 e. The molecule has 1 N–H and O–H groups in total. The van der Waals surface area contributed by atoms with Crippen LogP contribution in [0.3, 0.4) is 0 Å². The molecule has 0 unspecified atom stereocenters. The van der Waals surface area contributed by atoms with Gasteiger partial charge in [-0.25, -0.2) is 4.98 Å². The first-order valence-corrected chi connectivity index (χ1v) is 7.79. The molecule has 0 saturated heterocycles. The molecule has 1 atom stereocenters. The van der Waals surface area contributed by atoms with Gasteiger partial charge < -0.3 is 9.67 Å². The molecule has 106 valence electrons. The third kappa shape index (κ3) is 2.86. The van der Waals surface area contributed by atoms with Crippen LogP contribution in [0.15, 0.2) is 28.5 Å². The van der Waals surface area contributed by atoms with E-state index in [1.54, 1.807) is 13.1 Å². The number of aromatic nitrogens is 4. The Morgan fingerprint density at radius 3 is 3.05 bits per heavy atom. The molecular formula is C14H18N4OS. The Bertz CT molecular complexity index is 597. The highest BCUT2D eigenvalue weighted by molar-refractivity contribution is 7.99. The fraction of sp³-hybridized carbons (Fsp3) is 0.500. The van der Waals surface area contributed by atoms with Crippen molar-refractivity contribution in [2.45, 2.75) is 55.4 Å². The highest BCUT2D eigenvalue weighted by Crippen LogP contribution is 2.28. The van der Waals surface area contributed by atoms with E-state index in [1.807, 2.05) is 12.1 Å². The van der Waals surface area contributed by atoms with Gasteiger partial charge in [-0.15, -0.1) is 10.2 Å². The summed E-state index contributed by atoms with van der Waals surface area (Å²) in [6, 6.07) is 3.74. The quantitative estimate of drug-likeness (QED) is 0.941. The van der Waals surface area contributed by atoms with E-state index in [-0.39, 0.29) is 0 Å². The second kappa shape index (κ2) is 5.93. The monoisotopic (exact) mass is 290 g/mol. The number of fused-ring (bicyclic) bond motifs is 1. The topological polar surface area (TPSA) is 63.8 Å². The van der Waals surface area contributed by atoms with Crippen molar-refractivity contribution in [2.24, 2.45) is 0 Å². The summed E-state index contributed by atoms with van der Waals surface area (Å²) in [5.41, 5.74) is 0.873. The summed E-state index contributed by atoms with van der Waals surface area (Å²) in [4.78, 5) is 4.34. The summed E-state index contributed by atoms with van der Waals surface area (Å²) in [5, 5.41) is 20.0. The van der Waals surface area contributed by atoms with Gasteiger partial charge in [-0.3, -0.25) is 0 Å². The standard InChI is InChI=1S/C14H18N4OS/c1-10(19)11-6-7-15-13(9-11)20-14-17-16-12-5-3-2-4-8-18(12)14/h6-7,9-10,19H,2-5,8H2,1H3/t10-/m1/s1. The van der Waals surface area contributed by atoms with Crippen LogP contribution < -0.4 is 0 Å². The predicted molar refractivity (Wildman–Crippen MR) is 76.6 cm³/mol. The van der Waals surface area contributed by atoms with Crippen LogP contribution in [0.2, 0.25) is 0 Å². The molecule has 0 amide bonds. The maximum absolute atomic E-state index is 9.63. The predicted octanol–water partition coefficient (Wildman–Crippen LogP) is 2.60. The maximum Gasteiger partial charge on any atom is 0.197 e. The molecule has 3 rings (SSSR count). The minimum atomic E-state index is -0.479. The summed E-state index contributed by atoms with van der Waals surface area (Å²) in [7, 11) is 0. The molecule has 0 bridgehead atoms. The van der Waals surface area contributed by atoms with Crippen LogP contribution in [-0.2, 0) is 13.0 Å². The first kappa shape index (κ1) is 13.6. The lowest BCUT2D eigenvalue weighted by molar-refractivity contribution is 0.199. The third-order valence-electron chi connectivity index (χ3n) is 3.51. The van der Waals surface area contributed by atoms with Gasteiger partial charge in [0.15, 0.2) is 5.16 Å². The number of rotatable bonds is 3. The second-order valence-electron chi connectivity index (χ2n) is 5.07. The molecule has 20 heavy (non-hydrogen) atoms. The summed E-state index contributed by atoms with van der Waals surface area (Å²) >= 11 is 1.52. The van der Waals surface area contributed by atoms with Gasteiger partial charge in [-0.1, -0.05) is 6.42 Å². The molecule has 0 spiro atoms. The lowest BCUT2D eigenvalue weighted by atomic mass is 10.2. The lowest BCUT2D eigenvalue weighted by Gasteiger charge is -2.08. The van der Waals surface area contributed by atoms with Gasteiger partial charge in [-0.2, -0.15) is 0 Å². The van der Waals surface area contributed by atoms with E-state index in [0.29, 0.717) is 0 Å². The second-order valence-corrected chi connectivity index (χ2v) is 6.05. The van der Waals surface area contributed by atoms with Crippen LogP contribution in [0.1, 0.15) is 43.7 Å². The smallest absolute Gasteiger partial charge is 0.197 e. The zero-order valence-electron chi connectivity index (χ0n) is 11.5. The zero-order valence-corrected chi connectivity index (χ0v) is 12.3. The fourth-order valence-corrected chi connectivity index (χ4v) is 3.25. The number of hydrogen-bond donors (Lipinski definition) is 1. The highest BCUT2D eigenvalue weighted by atomic mass is 32.2. The van der Waals surface area contributed by atoms with Crippen LogP contribution in [0.5, 0.6) is 0 Å². The molecule has 0 saturated carbocycles. The van der Waals surface area contributed by atoms with Crippen molar-refractivity contribution in [3.05, 3.63) is 29.7 Å². The number of pyridine rings is 1. The Morgan fingerprint density at radius 1 is 1.30 bits per heavy atom. The van der Waals surface area contributed by atoms with Gasteiger partial charge in [0.25, 0.3) is 0 Å². The molecule has 0 radical (unpaired) electrons. The van der Waals surface area contributed by atoms with Crippen molar-refractivity contribution < 1.29 is 5.11 Å². The largest absolute Gasteiger partial charge is 0.389 e. The molecule has 0 aromatic carbocycles. The van der Waals surface area contributed by atoms with Crippen LogP contribution in [-0.4, -0.2) is 24.9 Å². The van der Waals surface area contributed by atoms with Gasteiger partial charge in [0, 0.05) is 19.2 Å². The Kier molecular flexibility index (Phi) is 4.03. The summed E-state index contributed by atoms with van der Waals surface area (Å²) in [5.74, 6) is 1.08. The third-order valence-corrected chi connectivity index (χ3v) is 4.43. The molecular weight excluding hydrogens is 272 g/mol. The van der Waals surface area contributed by atoms with Gasteiger partial charge in [0.1, 0.15) is 10.9 Å². The van der Waals surface area contributed by atoms with E-state index in [1.165, 1.54) is 31.0 Å². The highest BCUT2D eigenvalue weighted by Gasteiger charge is 2.16. The summed E-state index contributed by atoms with van der Waals surface area (Å²) in [6.45, 7) is 2.74. The van der Waals surface area contributed by atoms with Gasteiger partial charge in [0.05, 0.1) is 6.10 Å². The normalized spacial score (nSPS) is 16.5. The summed E-state index contributed by atoms with van der Waals surface area (Å²) in [6.07, 6.45) is 5.88. The lowest BCUT2D eigenvalue weighted by Crippen LogP contribution is -2.02. The first-order chi connectivity index (χ1) is 9.74. The van der Waals surface area contributed by atoms with Gasteiger partial charge in [-0.05, 0) is 49.2 Å². The SMILES string of the molecule is C[C@@H](O)c1ccnc(Sc2nnc3n2CCCCC3)c1. The van der Waals surface area contributed by atoms with Crippen LogP contribution in [0.4, 0.5) is 0 Å². The molecule has 6 heteroatoms. The number of aryl methyl sites for hydroxylation is 1. The van der Waals surface area contributed by atoms with Crippen molar-refractivity contribution in [1.29, 1.82) is 0 Å². The van der Waals surface area contributed by atoms with E-state index in [4.69, 9.17) is 0 Å². The molecule has 2 aromatic rings. The average Bonchev–Trinajstić information content (AvgIpc) is 2.68. The van der Waals surface area contributed by atoms with E-state index in [0.717, 1.165) is 34.5 Å². The van der Waals surface area contributed by atoms with E-state index >= 15 is 0 Å². The Labute approximate surface area is 122 Å². The van der Waals surface area contributed by atoms with Crippen molar-refractivity contribution in [3.8, 4) is 0 Å². The Balaban J connectivity index is 1.84. The van der Waals surface area contributed by atoms with Crippen molar-refractivity contribution in [1.82, 2.24) is 19.7 Å². The number of hydrogen-bond acceptors (Lipinski definition) is 5. The van der Waals surface area contributed by atoms with E-state index < -0.39 is 6.10 Å². The summed E-state index contributed by atoms with van der Waals surface area (Å²) < 4.78 is 2.20. The van der Waals surface area contributed by atoms with E-state index in [9.17, 15) is 5.11 Å². The Hall–Kier alpha value is -1.40. The molecule has 5 nitrogen and oxygen atoms in total. The Morgan fingerprint density at radius 2 is 2.20 bits per heavy atom. The maximum atomic E-state index is 9.63. The number of aliphatic hydroxyl groups is 1. The van der Waals surface area contributed by atoms with Crippen molar-refractivity contribution in [2.75, 3.05) is 0 Å². The molecule has 0 aliphatic carbocycles.